The summed E-state index contributed by atoms with van der Waals surface area (Å²) in [6.45, 7) is -0.877. The van der Waals surface area contributed by atoms with E-state index in [-0.39, 0.29) is 5.69 Å². The largest absolute Gasteiger partial charge is 0.394 e. The number of non-ortho nitro benzene ring substituents is 1. The number of nitro benzene ring substituents is 1. The van der Waals surface area contributed by atoms with Gasteiger partial charge in [0.15, 0.2) is 6.10 Å². The summed E-state index contributed by atoms with van der Waals surface area (Å²) in [4.78, 5) is 21.6. The molecule has 0 spiro atoms. The molecule has 0 aliphatic heterocycles. The van der Waals surface area contributed by atoms with Crippen LogP contribution in [0.25, 0.3) is 0 Å². The van der Waals surface area contributed by atoms with Gasteiger partial charge in [0, 0.05) is 17.7 Å². The standard InChI is InChI=1S/C13H17N3O8/c17-6-9(18)10(19)11(20)12(21)13(22)15-14-5-7-2-1-3-8(4-7)16(23)24/h1-5,9-12,17-21H,6H2,(H,15,22)/b14-5-/t9-,10-,11-,12+/m1/s1. The van der Waals surface area contributed by atoms with E-state index in [1.807, 2.05) is 5.43 Å². The molecular formula is C13H17N3O8. The number of benzene rings is 1. The maximum Gasteiger partial charge on any atom is 0.271 e. The molecule has 24 heavy (non-hydrogen) atoms. The molecule has 0 aliphatic rings. The van der Waals surface area contributed by atoms with E-state index in [9.17, 15) is 30.2 Å². The van der Waals surface area contributed by atoms with Crippen LogP contribution in [0.1, 0.15) is 5.56 Å². The lowest BCUT2D eigenvalue weighted by Crippen LogP contribution is -2.50. The zero-order chi connectivity index (χ0) is 18.3. The number of hydrazone groups is 1. The Balaban J connectivity index is 2.64. The van der Waals surface area contributed by atoms with E-state index in [0.717, 1.165) is 6.21 Å². The number of aliphatic hydroxyl groups excluding tert-OH is 5. The SMILES string of the molecule is O=C(N/N=C\c1cccc([N+](=O)[O-])c1)[C@@H](O)[C@H](O)[C@H](O)[C@H](O)CO. The molecule has 0 saturated heterocycles. The van der Waals surface area contributed by atoms with E-state index in [4.69, 9.17) is 10.2 Å². The third-order valence-corrected chi connectivity index (χ3v) is 2.99. The number of amides is 1. The lowest BCUT2D eigenvalue weighted by molar-refractivity contribution is -0.384. The van der Waals surface area contributed by atoms with Gasteiger partial charge < -0.3 is 25.5 Å². The van der Waals surface area contributed by atoms with Crippen LogP contribution >= 0.6 is 0 Å². The van der Waals surface area contributed by atoms with Crippen molar-refractivity contribution in [2.45, 2.75) is 24.4 Å². The minimum absolute atomic E-state index is 0.179. The Morgan fingerprint density at radius 1 is 1.29 bits per heavy atom. The van der Waals surface area contributed by atoms with Crippen LogP contribution in [-0.2, 0) is 4.79 Å². The summed E-state index contributed by atoms with van der Waals surface area (Å²) in [5.74, 6) is -1.19. The van der Waals surface area contributed by atoms with Gasteiger partial charge >= 0.3 is 0 Å². The second kappa shape index (κ2) is 9.00. The molecule has 132 valence electrons. The molecule has 0 heterocycles. The summed E-state index contributed by atoms with van der Waals surface area (Å²) in [5.41, 5.74) is 1.99. The summed E-state index contributed by atoms with van der Waals surface area (Å²) in [6, 6.07) is 5.36. The van der Waals surface area contributed by atoms with Crippen molar-refractivity contribution in [1.29, 1.82) is 0 Å². The van der Waals surface area contributed by atoms with Crippen molar-refractivity contribution in [3.05, 3.63) is 39.9 Å². The zero-order valence-electron chi connectivity index (χ0n) is 12.3. The minimum Gasteiger partial charge on any atom is -0.394 e. The lowest BCUT2D eigenvalue weighted by Gasteiger charge is -2.24. The highest BCUT2D eigenvalue weighted by atomic mass is 16.6. The van der Waals surface area contributed by atoms with Crippen LogP contribution in [0.3, 0.4) is 0 Å². The fourth-order valence-electron chi connectivity index (χ4n) is 1.63. The highest BCUT2D eigenvalue weighted by Crippen LogP contribution is 2.11. The predicted octanol–water partition coefficient (Wildman–Crippen LogP) is -2.52. The second-order valence-corrected chi connectivity index (χ2v) is 4.76. The van der Waals surface area contributed by atoms with Gasteiger partial charge in [0.1, 0.15) is 18.3 Å². The average molecular weight is 343 g/mol. The number of aliphatic hydroxyl groups is 5. The Kier molecular flexibility index (Phi) is 7.35. The molecule has 4 atom stereocenters. The molecule has 0 radical (unpaired) electrons. The zero-order valence-corrected chi connectivity index (χ0v) is 12.3. The number of hydrogen-bond donors (Lipinski definition) is 6. The van der Waals surface area contributed by atoms with Crippen molar-refractivity contribution in [3.63, 3.8) is 0 Å². The molecule has 0 aliphatic carbocycles. The van der Waals surface area contributed by atoms with Gasteiger partial charge in [-0.2, -0.15) is 5.10 Å². The number of nitrogens with one attached hydrogen (secondary N) is 1. The highest BCUT2D eigenvalue weighted by molar-refractivity contribution is 5.85. The Hall–Kier alpha value is -2.44. The molecule has 0 fully saturated rings. The van der Waals surface area contributed by atoms with Crippen LogP contribution in [0, 0.1) is 10.1 Å². The van der Waals surface area contributed by atoms with Crippen LogP contribution < -0.4 is 5.43 Å². The number of hydrogen-bond acceptors (Lipinski definition) is 9. The third-order valence-electron chi connectivity index (χ3n) is 2.99. The van der Waals surface area contributed by atoms with Crippen LogP contribution in [0.15, 0.2) is 29.4 Å². The van der Waals surface area contributed by atoms with Crippen molar-refractivity contribution in [3.8, 4) is 0 Å². The molecule has 6 N–H and O–H groups in total. The predicted molar refractivity (Wildman–Crippen MR) is 79.9 cm³/mol. The van der Waals surface area contributed by atoms with E-state index >= 15 is 0 Å². The van der Waals surface area contributed by atoms with Crippen molar-refractivity contribution in [2.75, 3.05) is 6.61 Å². The van der Waals surface area contributed by atoms with E-state index < -0.39 is 41.9 Å². The van der Waals surface area contributed by atoms with Crippen molar-refractivity contribution < 1.29 is 35.3 Å². The second-order valence-electron chi connectivity index (χ2n) is 4.76. The molecule has 0 aromatic heterocycles. The molecule has 1 aromatic rings. The quantitative estimate of drug-likeness (QED) is 0.169. The first-order valence-electron chi connectivity index (χ1n) is 6.68. The first-order chi connectivity index (χ1) is 11.3. The smallest absolute Gasteiger partial charge is 0.271 e. The number of nitrogens with zero attached hydrogens (tertiary/aromatic N) is 2. The minimum atomic E-state index is -2.12. The van der Waals surface area contributed by atoms with Gasteiger partial charge in [-0.1, -0.05) is 12.1 Å². The highest BCUT2D eigenvalue weighted by Gasteiger charge is 2.34. The van der Waals surface area contributed by atoms with Crippen LogP contribution in [0.4, 0.5) is 5.69 Å². The molecule has 11 heteroatoms. The number of carbonyl (C=O) groups is 1. The molecule has 1 amide bonds. The normalized spacial score (nSPS) is 16.4. The molecule has 0 saturated carbocycles. The lowest BCUT2D eigenvalue weighted by atomic mass is 10.0. The van der Waals surface area contributed by atoms with Crippen molar-refractivity contribution in [1.82, 2.24) is 5.43 Å². The molecule has 0 unspecified atom stereocenters. The van der Waals surface area contributed by atoms with E-state index in [0.29, 0.717) is 5.56 Å². The molecular weight excluding hydrogens is 326 g/mol. The Bertz CT molecular complexity index is 609. The van der Waals surface area contributed by atoms with Gasteiger partial charge in [0.2, 0.25) is 0 Å². The number of nitro groups is 1. The summed E-state index contributed by atoms with van der Waals surface area (Å²) in [5, 5.41) is 60.3. The topological polar surface area (TPSA) is 186 Å². The Labute approximate surface area is 135 Å². The van der Waals surface area contributed by atoms with Crippen molar-refractivity contribution in [2.24, 2.45) is 5.10 Å². The first-order valence-corrected chi connectivity index (χ1v) is 6.68. The summed E-state index contributed by atoms with van der Waals surface area (Å²) >= 11 is 0. The monoisotopic (exact) mass is 343 g/mol. The van der Waals surface area contributed by atoms with Gasteiger partial charge in [0.05, 0.1) is 17.7 Å². The van der Waals surface area contributed by atoms with Crippen LogP contribution in [-0.4, -0.2) is 73.6 Å². The maximum absolute atomic E-state index is 11.6. The number of carbonyl (C=O) groups excluding carboxylic acids is 1. The number of rotatable bonds is 8. The maximum atomic E-state index is 11.6. The van der Waals surface area contributed by atoms with E-state index in [1.54, 1.807) is 0 Å². The van der Waals surface area contributed by atoms with Gasteiger partial charge in [0.25, 0.3) is 11.6 Å². The Morgan fingerprint density at radius 2 is 1.96 bits per heavy atom. The Morgan fingerprint density at radius 3 is 2.54 bits per heavy atom. The summed E-state index contributed by atoms with van der Waals surface area (Å²) < 4.78 is 0. The summed E-state index contributed by atoms with van der Waals surface area (Å²) in [7, 11) is 0. The molecule has 1 aromatic carbocycles. The molecule has 11 nitrogen and oxygen atoms in total. The van der Waals surface area contributed by atoms with Crippen LogP contribution in [0.2, 0.25) is 0 Å². The van der Waals surface area contributed by atoms with Gasteiger partial charge in [-0.05, 0) is 0 Å². The fourth-order valence-corrected chi connectivity index (χ4v) is 1.63. The van der Waals surface area contributed by atoms with E-state index in [2.05, 4.69) is 5.10 Å². The van der Waals surface area contributed by atoms with E-state index in [1.165, 1.54) is 24.3 Å². The first kappa shape index (κ1) is 19.6. The van der Waals surface area contributed by atoms with Gasteiger partial charge in [-0.15, -0.1) is 0 Å². The van der Waals surface area contributed by atoms with Crippen molar-refractivity contribution >= 4 is 17.8 Å². The summed E-state index contributed by atoms with van der Waals surface area (Å²) in [6.07, 6.45) is -6.79. The molecule has 0 bridgehead atoms. The average Bonchev–Trinajstić information content (AvgIpc) is 2.59. The van der Waals surface area contributed by atoms with Crippen LogP contribution in [0.5, 0.6) is 0 Å². The third kappa shape index (κ3) is 5.33. The van der Waals surface area contributed by atoms with Gasteiger partial charge in [-0.25, -0.2) is 5.43 Å². The molecule has 1 rings (SSSR count). The fraction of sp³-hybridized carbons (Fsp3) is 0.385. The van der Waals surface area contributed by atoms with Gasteiger partial charge in [-0.3, -0.25) is 14.9 Å².